The fraction of sp³-hybridized carbons (Fsp3) is 0.810. The number of hydrogen-bond donors (Lipinski definition) is 1. The first kappa shape index (κ1) is 19.4. The Balaban J connectivity index is 2.11. The maximum atomic E-state index is 12.7. The van der Waals surface area contributed by atoms with Crippen molar-refractivity contribution in [3.05, 3.63) is 11.6 Å². The van der Waals surface area contributed by atoms with E-state index in [1.54, 1.807) is 0 Å². The second-order valence-corrected chi connectivity index (χ2v) is 9.61. The molecule has 1 saturated heterocycles. The van der Waals surface area contributed by atoms with E-state index >= 15 is 0 Å². The Morgan fingerprint density at radius 3 is 2.50 bits per heavy atom. The molecule has 0 bridgehead atoms. The molecule has 0 amide bonds. The lowest BCUT2D eigenvalue weighted by Gasteiger charge is -2.61. The molecule has 3 rings (SSSR count). The molecule has 0 aromatic rings. The first-order chi connectivity index (χ1) is 12.0. The summed E-state index contributed by atoms with van der Waals surface area (Å²) in [6, 6.07) is 0. The van der Waals surface area contributed by atoms with Crippen LogP contribution >= 0.6 is 0 Å². The van der Waals surface area contributed by atoms with Crippen LogP contribution in [-0.2, 0) is 19.1 Å². The van der Waals surface area contributed by atoms with Crippen LogP contribution in [0.4, 0.5) is 0 Å². The van der Waals surface area contributed by atoms with Crippen LogP contribution in [0.1, 0.15) is 72.6 Å². The fourth-order valence-electron chi connectivity index (χ4n) is 6.25. The van der Waals surface area contributed by atoms with Gasteiger partial charge >= 0.3 is 11.9 Å². The highest BCUT2D eigenvalue weighted by Gasteiger charge is 2.66. The minimum Gasteiger partial charge on any atom is -0.481 e. The molecule has 4 unspecified atom stereocenters. The average molecular weight is 364 g/mol. The number of aliphatic carboxylic acids is 1. The van der Waals surface area contributed by atoms with E-state index in [9.17, 15) is 14.7 Å². The Bertz CT molecular complexity index is 651. The molecule has 1 saturated carbocycles. The molecule has 26 heavy (non-hydrogen) atoms. The van der Waals surface area contributed by atoms with Crippen LogP contribution in [0.5, 0.6) is 0 Å². The topological polar surface area (TPSA) is 72.8 Å². The molecule has 1 spiro atoms. The summed E-state index contributed by atoms with van der Waals surface area (Å²) >= 11 is 0. The van der Waals surface area contributed by atoms with Gasteiger partial charge in [0.05, 0.1) is 24.7 Å². The van der Waals surface area contributed by atoms with Crippen molar-refractivity contribution < 1.29 is 24.2 Å². The van der Waals surface area contributed by atoms with Gasteiger partial charge in [0.15, 0.2) is 0 Å². The summed E-state index contributed by atoms with van der Waals surface area (Å²) in [4.78, 5) is 24.0. The number of carboxylic acids is 1. The molecule has 3 aliphatic rings. The number of carbonyl (C=O) groups is 2. The van der Waals surface area contributed by atoms with Crippen LogP contribution in [0.15, 0.2) is 11.6 Å². The molecular formula is C21H32O5. The van der Waals surface area contributed by atoms with E-state index in [2.05, 4.69) is 20.8 Å². The summed E-state index contributed by atoms with van der Waals surface area (Å²) in [5.74, 6) is -0.813. The summed E-state index contributed by atoms with van der Waals surface area (Å²) in [6.45, 7) is 8.74. The zero-order chi connectivity index (χ0) is 19.4. The van der Waals surface area contributed by atoms with E-state index in [-0.39, 0.29) is 23.2 Å². The minimum atomic E-state index is -0.866. The molecule has 5 heteroatoms. The van der Waals surface area contributed by atoms with Crippen LogP contribution in [0.2, 0.25) is 0 Å². The SMILES string of the molecule is COC(=O)C1=CCC2C(C)(C)CCCC2(C)C12CCC(C)(CC(=O)O)O2. The summed E-state index contributed by atoms with van der Waals surface area (Å²) < 4.78 is 11.7. The number of carboxylic acid groups (broad SMARTS) is 1. The molecule has 1 N–H and O–H groups in total. The molecule has 2 aliphatic carbocycles. The lowest BCUT2D eigenvalue weighted by molar-refractivity contribution is -0.197. The van der Waals surface area contributed by atoms with E-state index in [4.69, 9.17) is 9.47 Å². The maximum Gasteiger partial charge on any atom is 0.336 e. The van der Waals surface area contributed by atoms with Crippen LogP contribution in [0, 0.1) is 16.7 Å². The molecule has 1 aliphatic heterocycles. The van der Waals surface area contributed by atoms with Gasteiger partial charge in [0.2, 0.25) is 0 Å². The molecule has 4 atom stereocenters. The van der Waals surface area contributed by atoms with Crippen molar-refractivity contribution in [2.45, 2.75) is 83.8 Å². The van der Waals surface area contributed by atoms with Crippen molar-refractivity contribution in [2.24, 2.45) is 16.7 Å². The van der Waals surface area contributed by atoms with Gasteiger partial charge in [-0.25, -0.2) is 4.79 Å². The van der Waals surface area contributed by atoms with Gasteiger partial charge < -0.3 is 14.6 Å². The number of methoxy groups -OCH3 is 1. The number of allylic oxidation sites excluding steroid dienone is 1. The van der Waals surface area contributed by atoms with E-state index < -0.39 is 17.2 Å². The van der Waals surface area contributed by atoms with E-state index in [0.717, 1.165) is 25.7 Å². The third-order valence-corrected chi connectivity index (χ3v) is 7.50. The standard InChI is InChI=1S/C21H32O5/c1-18(2)9-6-10-20(4)15(18)8-7-14(17(24)25-5)21(20)12-11-19(3,26-21)13-16(22)23/h7,15H,6,8-13H2,1-5H3,(H,22,23). The highest BCUT2D eigenvalue weighted by atomic mass is 16.5. The summed E-state index contributed by atoms with van der Waals surface area (Å²) in [5, 5.41) is 9.34. The third-order valence-electron chi connectivity index (χ3n) is 7.50. The number of esters is 1. The van der Waals surface area contributed by atoms with Gasteiger partial charge in [-0.1, -0.05) is 33.3 Å². The lowest BCUT2D eigenvalue weighted by atomic mass is 9.46. The van der Waals surface area contributed by atoms with Crippen molar-refractivity contribution in [1.82, 2.24) is 0 Å². The zero-order valence-corrected chi connectivity index (χ0v) is 16.7. The van der Waals surface area contributed by atoms with Crippen molar-refractivity contribution in [3.63, 3.8) is 0 Å². The smallest absolute Gasteiger partial charge is 0.336 e. The van der Waals surface area contributed by atoms with Crippen molar-refractivity contribution >= 4 is 11.9 Å². The van der Waals surface area contributed by atoms with E-state index in [1.807, 2.05) is 13.0 Å². The number of fused-ring (bicyclic) bond motifs is 2. The minimum absolute atomic E-state index is 0.0483. The normalized spacial score (nSPS) is 41.4. The number of ether oxygens (including phenoxy) is 2. The van der Waals surface area contributed by atoms with Crippen molar-refractivity contribution in [1.29, 1.82) is 0 Å². The molecule has 0 aromatic heterocycles. The van der Waals surface area contributed by atoms with Gasteiger partial charge in [-0.2, -0.15) is 0 Å². The van der Waals surface area contributed by atoms with Gasteiger partial charge in [0.1, 0.15) is 5.60 Å². The second kappa shape index (κ2) is 6.08. The molecule has 0 aromatic carbocycles. The van der Waals surface area contributed by atoms with Gasteiger partial charge in [0, 0.05) is 5.41 Å². The summed E-state index contributed by atoms with van der Waals surface area (Å²) in [6.07, 6.45) is 7.35. The monoisotopic (exact) mass is 364 g/mol. The number of rotatable bonds is 3. The van der Waals surface area contributed by atoms with Crippen LogP contribution < -0.4 is 0 Å². The summed E-state index contributed by atoms with van der Waals surface area (Å²) in [5.41, 5.74) is -0.960. The molecule has 2 fully saturated rings. The fourth-order valence-corrected chi connectivity index (χ4v) is 6.25. The number of hydrogen-bond acceptors (Lipinski definition) is 4. The van der Waals surface area contributed by atoms with E-state index in [1.165, 1.54) is 7.11 Å². The Morgan fingerprint density at radius 1 is 1.19 bits per heavy atom. The van der Waals surface area contributed by atoms with Crippen LogP contribution in [-0.4, -0.2) is 35.4 Å². The van der Waals surface area contributed by atoms with E-state index in [0.29, 0.717) is 24.3 Å². The molecule has 0 radical (unpaired) electrons. The summed E-state index contributed by atoms with van der Waals surface area (Å²) in [7, 11) is 1.40. The van der Waals surface area contributed by atoms with Crippen molar-refractivity contribution in [2.75, 3.05) is 7.11 Å². The van der Waals surface area contributed by atoms with Gasteiger partial charge in [-0.05, 0) is 50.4 Å². The largest absolute Gasteiger partial charge is 0.481 e. The first-order valence-electron chi connectivity index (χ1n) is 9.71. The van der Waals surface area contributed by atoms with Gasteiger partial charge in [0.25, 0.3) is 0 Å². The Hall–Kier alpha value is -1.36. The predicted octanol–water partition coefficient (Wildman–Crippen LogP) is 4.10. The Labute approximate surface area is 156 Å². The lowest BCUT2D eigenvalue weighted by Crippen LogP contribution is -2.61. The molecule has 5 nitrogen and oxygen atoms in total. The van der Waals surface area contributed by atoms with Gasteiger partial charge in [-0.3, -0.25) is 4.79 Å². The first-order valence-corrected chi connectivity index (χ1v) is 9.71. The predicted molar refractivity (Wildman–Crippen MR) is 97.7 cm³/mol. The number of carbonyl (C=O) groups excluding carboxylic acids is 1. The van der Waals surface area contributed by atoms with Crippen LogP contribution in [0.25, 0.3) is 0 Å². The van der Waals surface area contributed by atoms with Crippen LogP contribution in [0.3, 0.4) is 0 Å². The highest BCUT2D eigenvalue weighted by Crippen LogP contribution is 2.66. The Morgan fingerprint density at radius 2 is 1.88 bits per heavy atom. The molecular weight excluding hydrogens is 332 g/mol. The highest BCUT2D eigenvalue weighted by molar-refractivity contribution is 5.91. The Kier molecular flexibility index (Phi) is 4.54. The quantitative estimate of drug-likeness (QED) is 0.763. The molecule has 146 valence electrons. The van der Waals surface area contributed by atoms with Crippen molar-refractivity contribution in [3.8, 4) is 0 Å². The third kappa shape index (κ3) is 2.70. The maximum absolute atomic E-state index is 12.7. The zero-order valence-electron chi connectivity index (χ0n) is 16.7. The second-order valence-electron chi connectivity index (χ2n) is 9.61. The average Bonchev–Trinajstić information content (AvgIpc) is 2.86. The molecule has 1 heterocycles. The van der Waals surface area contributed by atoms with Gasteiger partial charge in [-0.15, -0.1) is 0 Å².